The largest absolute Gasteiger partial charge is 0.480 e. The summed E-state index contributed by atoms with van der Waals surface area (Å²) in [6.07, 6.45) is 0.0124. The minimum Gasteiger partial charge on any atom is -0.480 e. The van der Waals surface area contributed by atoms with Crippen molar-refractivity contribution >= 4 is 11.8 Å². The van der Waals surface area contributed by atoms with E-state index in [0.29, 0.717) is 0 Å². The van der Waals surface area contributed by atoms with Crippen molar-refractivity contribution < 1.29 is 9.90 Å². The summed E-state index contributed by atoms with van der Waals surface area (Å²) >= 11 is 0. The Morgan fingerprint density at radius 2 is 1.93 bits per heavy atom. The topological polar surface area (TPSA) is 113 Å². The van der Waals surface area contributed by atoms with Crippen molar-refractivity contribution in [2.45, 2.75) is 12.0 Å². The van der Waals surface area contributed by atoms with Gasteiger partial charge in [-0.25, -0.2) is 4.79 Å². The Balaban J connectivity index is 2.95. The number of rotatable bonds is 4. The predicted molar refractivity (Wildman–Crippen MR) is 56.6 cm³/mol. The summed E-state index contributed by atoms with van der Waals surface area (Å²) in [6.45, 7) is 0. The third kappa shape index (κ3) is 2.32. The molecule has 0 spiro atoms. The number of carboxylic acid groups (broad SMARTS) is 1. The van der Waals surface area contributed by atoms with Crippen LogP contribution in [0.2, 0.25) is 0 Å². The molecule has 0 fully saturated rings. The van der Waals surface area contributed by atoms with Crippen LogP contribution in [0.5, 0.6) is 0 Å². The minimum absolute atomic E-state index is 0.0124. The summed E-state index contributed by atoms with van der Waals surface area (Å²) in [4.78, 5) is 10.9. The quantitative estimate of drug-likeness (QED) is 0.409. The fraction of sp³-hybridized carbons (Fsp3) is 0.200. The van der Waals surface area contributed by atoms with E-state index >= 15 is 0 Å². The molecule has 0 aliphatic rings. The molecule has 5 heteroatoms. The van der Waals surface area contributed by atoms with Crippen molar-refractivity contribution in [2.24, 2.45) is 11.5 Å². The molecule has 0 saturated carbocycles. The number of hydrogen-bond donors (Lipinski definition) is 4. The maximum absolute atomic E-state index is 10.9. The Hall–Kier alpha value is -1.88. The fourth-order valence-corrected chi connectivity index (χ4v) is 1.20. The Morgan fingerprint density at radius 1 is 1.40 bits per heavy atom. The summed E-state index contributed by atoms with van der Waals surface area (Å²) in [7, 11) is 0. The van der Waals surface area contributed by atoms with Crippen LogP contribution in [0.15, 0.2) is 30.3 Å². The lowest BCUT2D eigenvalue weighted by atomic mass is 9.91. The highest BCUT2D eigenvalue weighted by Crippen LogP contribution is 2.11. The van der Waals surface area contributed by atoms with E-state index in [2.05, 4.69) is 0 Å². The second-order valence-electron chi connectivity index (χ2n) is 3.35. The van der Waals surface area contributed by atoms with E-state index in [0.717, 1.165) is 5.56 Å². The molecule has 1 aromatic carbocycles. The first-order valence-electron chi connectivity index (χ1n) is 4.37. The van der Waals surface area contributed by atoms with E-state index in [1.165, 1.54) is 0 Å². The van der Waals surface area contributed by atoms with Gasteiger partial charge in [-0.15, -0.1) is 0 Å². The lowest BCUT2D eigenvalue weighted by Gasteiger charge is -2.22. The molecule has 15 heavy (non-hydrogen) atoms. The first kappa shape index (κ1) is 11.2. The zero-order chi connectivity index (χ0) is 11.5. The van der Waals surface area contributed by atoms with Crippen LogP contribution in [0.25, 0.3) is 0 Å². The van der Waals surface area contributed by atoms with Gasteiger partial charge in [-0.05, 0) is 5.56 Å². The van der Waals surface area contributed by atoms with E-state index in [1.807, 2.05) is 6.07 Å². The van der Waals surface area contributed by atoms with Gasteiger partial charge in [-0.3, -0.25) is 5.41 Å². The molecule has 6 N–H and O–H groups in total. The first-order chi connectivity index (χ1) is 6.97. The zero-order valence-electron chi connectivity index (χ0n) is 8.10. The highest BCUT2D eigenvalue weighted by molar-refractivity contribution is 6.07. The minimum atomic E-state index is -1.82. The van der Waals surface area contributed by atoms with Gasteiger partial charge in [0, 0.05) is 6.42 Å². The van der Waals surface area contributed by atoms with Crippen molar-refractivity contribution in [3.8, 4) is 0 Å². The smallest absolute Gasteiger partial charge is 0.331 e. The number of benzene rings is 1. The lowest BCUT2D eigenvalue weighted by molar-refractivity contribution is -0.140. The number of carbonyl (C=O) groups is 1. The summed E-state index contributed by atoms with van der Waals surface area (Å²) in [5.74, 6) is -1.84. The van der Waals surface area contributed by atoms with E-state index in [9.17, 15) is 4.79 Å². The third-order valence-electron chi connectivity index (χ3n) is 2.19. The molecule has 0 aliphatic carbocycles. The molecule has 0 bridgehead atoms. The molecule has 0 unspecified atom stereocenters. The molecular weight excluding hydrogens is 194 g/mol. The van der Waals surface area contributed by atoms with Crippen LogP contribution in [-0.2, 0) is 11.2 Å². The summed E-state index contributed by atoms with van der Waals surface area (Å²) in [6, 6.07) is 8.85. The Kier molecular flexibility index (Phi) is 3.06. The van der Waals surface area contributed by atoms with Gasteiger partial charge in [0.25, 0.3) is 0 Å². The molecule has 0 heterocycles. The van der Waals surface area contributed by atoms with Crippen molar-refractivity contribution in [3.63, 3.8) is 0 Å². The van der Waals surface area contributed by atoms with Gasteiger partial charge in [0.05, 0.1) is 0 Å². The molecule has 0 radical (unpaired) electrons. The SMILES string of the molecule is N=C(N)[C@](N)(Cc1ccccc1)C(=O)O. The number of aliphatic carboxylic acids is 1. The van der Waals surface area contributed by atoms with Crippen LogP contribution in [0.1, 0.15) is 5.56 Å². The summed E-state index contributed by atoms with van der Waals surface area (Å²) < 4.78 is 0. The van der Waals surface area contributed by atoms with Gasteiger partial charge in [0.15, 0.2) is 5.54 Å². The van der Waals surface area contributed by atoms with Gasteiger partial charge in [0.2, 0.25) is 0 Å². The van der Waals surface area contributed by atoms with Crippen LogP contribution in [0.4, 0.5) is 0 Å². The highest BCUT2D eigenvalue weighted by atomic mass is 16.4. The first-order valence-corrected chi connectivity index (χ1v) is 4.37. The molecule has 80 valence electrons. The second-order valence-corrected chi connectivity index (χ2v) is 3.35. The molecule has 1 atom stereocenters. The molecule has 0 aromatic heterocycles. The van der Waals surface area contributed by atoms with Gasteiger partial charge in [0.1, 0.15) is 5.84 Å². The summed E-state index contributed by atoms with van der Waals surface area (Å²) in [5, 5.41) is 16.1. The van der Waals surface area contributed by atoms with Gasteiger partial charge < -0.3 is 16.6 Å². The average Bonchev–Trinajstić information content (AvgIpc) is 2.18. The standard InChI is InChI=1S/C10H13N3O2/c11-8(12)10(13,9(14)15)6-7-4-2-1-3-5-7/h1-5H,6,13H2,(H3,11,12)(H,14,15)/t10-/m1/s1. The Labute approximate surface area is 87.2 Å². The van der Waals surface area contributed by atoms with Gasteiger partial charge >= 0.3 is 5.97 Å². The van der Waals surface area contributed by atoms with Crippen LogP contribution >= 0.6 is 0 Å². The molecule has 0 aliphatic heterocycles. The third-order valence-corrected chi connectivity index (χ3v) is 2.19. The van der Waals surface area contributed by atoms with Gasteiger partial charge in [-0.2, -0.15) is 0 Å². The number of carboxylic acids is 1. The zero-order valence-corrected chi connectivity index (χ0v) is 8.10. The maximum atomic E-state index is 10.9. The van der Waals surface area contributed by atoms with Crippen LogP contribution < -0.4 is 11.5 Å². The molecule has 5 nitrogen and oxygen atoms in total. The predicted octanol–water partition coefficient (Wildman–Crippen LogP) is -0.0528. The Morgan fingerprint density at radius 3 is 2.33 bits per heavy atom. The van der Waals surface area contributed by atoms with Crippen molar-refractivity contribution in [3.05, 3.63) is 35.9 Å². The fourth-order valence-electron chi connectivity index (χ4n) is 1.20. The number of hydrogen-bond acceptors (Lipinski definition) is 3. The van der Waals surface area contributed by atoms with Crippen LogP contribution in [-0.4, -0.2) is 22.5 Å². The van der Waals surface area contributed by atoms with Crippen molar-refractivity contribution in [1.82, 2.24) is 0 Å². The monoisotopic (exact) mass is 207 g/mol. The molecule has 0 saturated heterocycles. The maximum Gasteiger partial charge on any atom is 0.331 e. The van der Waals surface area contributed by atoms with Crippen LogP contribution in [0.3, 0.4) is 0 Å². The lowest BCUT2D eigenvalue weighted by Crippen LogP contribution is -2.59. The van der Waals surface area contributed by atoms with E-state index in [1.54, 1.807) is 24.3 Å². The molecule has 1 aromatic rings. The Bertz CT molecular complexity index is 362. The number of amidine groups is 1. The van der Waals surface area contributed by atoms with Gasteiger partial charge in [-0.1, -0.05) is 30.3 Å². The van der Waals surface area contributed by atoms with E-state index < -0.39 is 17.3 Å². The number of nitrogens with one attached hydrogen (secondary N) is 1. The van der Waals surface area contributed by atoms with Crippen molar-refractivity contribution in [1.29, 1.82) is 5.41 Å². The van der Waals surface area contributed by atoms with Crippen molar-refractivity contribution in [2.75, 3.05) is 0 Å². The number of nitrogens with two attached hydrogens (primary N) is 2. The second kappa shape index (κ2) is 4.10. The van der Waals surface area contributed by atoms with Crippen LogP contribution in [0, 0.1) is 5.41 Å². The molecule has 0 amide bonds. The molecular formula is C10H13N3O2. The highest BCUT2D eigenvalue weighted by Gasteiger charge is 2.37. The van der Waals surface area contributed by atoms with E-state index in [-0.39, 0.29) is 6.42 Å². The normalized spacial score (nSPS) is 14.2. The average molecular weight is 207 g/mol. The molecule has 1 rings (SSSR count). The summed E-state index contributed by atoms with van der Waals surface area (Å²) in [5.41, 5.74) is 9.68. The van der Waals surface area contributed by atoms with E-state index in [4.69, 9.17) is 22.0 Å².